The van der Waals surface area contributed by atoms with Gasteiger partial charge in [-0.3, -0.25) is 4.79 Å². The molecule has 0 radical (unpaired) electrons. The standard InChI is InChI=1S/C12H21N3O4S/c1-9-5-11(12(17)15(4)7-9)10(8-16)6-13-20(18,19)14(2)3/h5,7,10,13,16H,6,8H2,1-4H3. The van der Waals surface area contributed by atoms with Crippen LogP contribution in [0.15, 0.2) is 17.1 Å². The average molecular weight is 303 g/mol. The van der Waals surface area contributed by atoms with Gasteiger partial charge in [-0.15, -0.1) is 0 Å². The van der Waals surface area contributed by atoms with Crippen LogP contribution in [0.25, 0.3) is 0 Å². The fourth-order valence-corrected chi connectivity index (χ4v) is 2.48. The van der Waals surface area contributed by atoms with Crippen molar-refractivity contribution in [3.8, 4) is 0 Å². The number of pyridine rings is 1. The number of aromatic nitrogens is 1. The summed E-state index contributed by atoms with van der Waals surface area (Å²) in [6, 6.07) is 1.67. The third kappa shape index (κ3) is 3.89. The molecule has 0 aliphatic heterocycles. The van der Waals surface area contributed by atoms with Crippen molar-refractivity contribution < 1.29 is 13.5 Å². The molecule has 8 heteroatoms. The Hall–Kier alpha value is -1.22. The number of hydrogen-bond acceptors (Lipinski definition) is 4. The van der Waals surface area contributed by atoms with E-state index in [0.29, 0.717) is 5.56 Å². The van der Waals surface area contributed by atoms with E-state index in [2.05, 4.69) is 4.72 Å². The molecule has 1 rings (SSSR count). The SMILES string of the molecule is Cc1cc(C(CO)CNS(=O)(=O)N(C)C)c(=O)n(C)c1. The van der Waals surface area contributed by atoms with Crippen molar-refractivity contribution in [1.82, 2.24) is 13.6 Å². The molecule has 0 saturated carbocycles. The zero-order valence-electron chi connectivity index (χ0n) is 12.1. The van der Waals surface area contributed by atoms with Crippen LogP contribution in [0.5, 0.6) is 0 Å². The Kier molecular flexibility index (Phi) is 5.46. The van der Waals surface area contributed by atoms with Crippen molar-refractivity contribution in [2.75, 3.05) is 27.2 Å². The minimum absolute atomic E-state index is 0.0320. The number of hydrogen-bond donors (Lipinski definition) is 2. The molecule has 20 heavy (non-hydrogen) atoms. The van der Waals surface area contributed by atoms with Gasteiger partial charge in [-0.25, -0.2) is 4.72 Å². The monoisotopic (exact) mass is 303 g/mol. The van der Waals surface area contributed by atoms with Gasteiger partial charge in [0.2, 0.25) is 0 Å². The Morgan fingerprint density at radius 2 is 2.05 bits per heavy atom. The number of aliphatic hydroxyl groups is 1. The van der Waals surface area contributed by atoms with E-state index in [9.17, 15) is 18.3 Å². The fraction of sp³-hybridized carbons (Fsp3) is 0.583. The first kappa shape index (κ1) is 16.8. The Labute approximate surface area is 119 Å². The molecule has 0 saturated heterocycles. The van der Waals surface area contributed by atoms with Crippen molar-refractivity contribution in [2.45, 2.75) is 12.8 Å². The molecule has 1 unspecified atom stereocenters. The molecule has 114 valence electrons. The Bertz CT molecular complexity index is 622. The highest BCUT2D eigenvalue weighted by Crippen LogP contribution is 2.12. The highest BCUT2D eigenvalue weighted by Gasteiger charge is 2.20. The average Bonchev–Trinajstić information content (AvgIpc) is 2.35. The summed E-state index contributed by atoms with van der Waals surface area (Å²) in [6.45, 7) is 1.49. The lowest BCUT2D eigenvalue weighted by Gasteiger charge is -2.18. The van der Waals surface area contributed by atoms with Gasteiger partial charge in [0, 0.05) is 45.4 Å². The molecular weight excluding hydrogens is 282 g/mol. The maximum absolute atomic E-state index is 12.0. The first-order valence-corrected chi connectivity index (χ1v) is 7.58. The van der Waals surface area contributed by atoms with Crippen LogP contribution in [-0.2, 0) is 17.3 Å². The van der Waals surface area contributed by atoms with Gasteiger partial charge in [-0.1, -0.05) is 0 Å². The summed E-state index contributed by atoms with van der Waals surface area (Å²) in [5.74, 6) is -0.580. The highest BCUT2D eigenvalue weighted by molar-refractivity contribution is 7.87. The smallest absolute Gasteiger partial charge is 0.278 e. The third-order valence-electron chi connectivity index (χ3n) is 3.00. The highest BCUT2D eigenvalue weighted by atomic mass is 32.2. The quantitative estimate of drug-likeness (QED) is 0.717. The van der Waals surface area contributed by atoms with E-state index >= 15 is 0 Å². The van der Waals surface area contributed by atoms with Crippen LogP contribution in [-0.4, -0.2) is 49.6 Å². The summed E-state index contributed by atoms with van der Waals surface area (Å²) in [4.78, 5) is 12.0. The maximum Gasteiger partial charge on any atom is 0.278 e. The molecule has 0 bridgehead atoms. The molecule has 1 aromatic rings. The number of nitrogens with zero attached hydrogens (tertiary/aromatic N) is 2. The first-order valence-electron chi connectivity index (χ1n) is 6.14. The van der Waals surface area contributed by atoms with Crippen LogP contribution in [0, 0.1) is 6.92 Å². The minimum atomic E-state index is -3.58. The van der Waals surface area contributed by atoms with E-state index in [1.54, 1.807) is 19.3 Å². The van der Waals surface area contributed by atoms with Gasteiger partial charge in [0.05, 0.1) is 6.61 Å². The second-order valence-electron chi connectivity index (χ2n) is 4.90. The Morgan fingerprint density at radius 1 is 1.45 bits per heavy atom. The molecule has 0 fully saturated rings. The van der Waals surface area contributed by atoms with E-state index in [1.165, 1.54) is 18.7 Å². The van der Waals surface area contributed by atoms with Gasteiger partial charge >= 0.3 is 0 Å². The molecule has 0 amide bonds. The van der Waals surface area contributed by atoms with Crippen LogP contribution < -0.4 is 10.3 Å². The molecule has 2 N–H and O–H groups in total. The predicted octanol–water partition coefficient (Wildman–Crippen LogP) is -0.834. The number of aryl methyl sites for hydroxylation is 2. The summed E-state index contributed by atoms with van der Waals surface area (Å²) in [7, 11) is 0.851. The zero-order chi connectivity index (χ0) is 15.5. The van der Waals surface area contributed by atoms with E-state index in [0.717, 1.165) is 9.87 Å². The minimum Gasteiger partial charge on any atom is -0.396 e. The summed E-state index contributed by atoms with van der Waals surface area (Å²) in [5, 5.41) is 9.42. The number of nitrogens with one attached hydrogen (secondary N) is 1. The Morgan fingerprint density at radius 3 is 2.55 bits per heavy atom. The fourth-order valence-electron chi connectivity index (χ4n) is 1.81. The lowest BCUT2D eigenvalue weighted by atomic mass is 10.0. The van der Waals surface area contributed by atoms with Crippen LogP contribution in [0.4, 0.5) is 0 Å². The van der Waals surface area contributed by atoms with Crippen LogP contribution in [0.3, 0.4) is 0 Å². The molecule has 1 atom stereocenters. The van der Waals surface area contributed by atoms with Crippen molar-refractivity contribution in [1.29, 1.82) is 0 Å². The van der Waals surface area contributed by atoms with Gasteiger partial charge in [0.25, 0.3) is 15.8 Å². The molecule has 7 nitrogen and oxygen atoms in total. The number of rotatable bonds is 6. The van der Waals surface area contributed by atoms with Crippen molar-refractivity contribution >= 4 is 10.2 Å². The van der Waals surface area contributed by atoms with Gasteiger partial charge in [0.1, 0.15) is 0 Å². The molecule has 1 aromatic heterocycles. The summed E-state index contributed by atoms with van der Waals surface area (Å²) in [5.41, 5.74) is 1.03. The van der Waals surface area contributed by atoms with E-state index in [1.807, 2.05) is 6.92 Å². The summed E-state index contributed by atoms with van der Waals surface area (Å²) >= 11 is 0. The molecule has 0 aliphatic carbocycles. The lowest BCUT2D eigenvalue weighted by Crippen LogP contribution is -2.39. The summed E-state index contributed by atoms with van der Waals surface area (Å²) < 4.78 is 28.1. The largest absolute Gasteiger partial charge is 0.396 e. The topological polar surface area (TPSA) is 91.6 Å². The van der Waals surface area contributed by atoms with Gasteiger partial charge < -0.3 is 9.67 Å². The molecular formula is C12H21N3O4S. The molecule has 0 aromatic carbocycles. The zero-order valence-corrected chi connectivity index (χ0v) is 12.9. The van der Waals surface area contributed by atoms with E-state index in [-0.39, 0.29) is 18.7 Å². The molecule has 1 heterocycles. The molecule has 0 aliphatic rings. The normalized spacial score (nSPS) is 13.7. The van der Waals surface area contributed by atoms with Crippen molar-refractivity contribution in [3.05, 3.63) is 33.7 Å². The van der Waals surface area contributed by atoms with Crippen LogP contribution >= 0.6 is 0 Å². The lowest BCUT2D eigenvalue weighted by molar-refractivity contribution is 0.264. The van der Waals surface area contributed by atoms with Gasteiger partial charge in [0.15, 0.2) is 0 Å². The maximum atomic E-state index is 12.0. The number of aliphatic hydroxyl groups excluding tert-OH is 1. The predicted molar refractivity (Wildman–Crippen MR) is 76.9 cm³/mol. The van der Waals surface area contributed by atoms with Gasteiger partial charge in [-0.05, 0) is 18.6 Å². The van der Waals surface area contributed by atoms with Crippen LogP contribution in [0.1, 0.15) is 17.0 Å². The first-order chi connectivity index (χ1) is 9.19. The van der Waals surface area contributed by atoms with E-state index in [4.69, 9.17) is 0 Å². The van der Waals surface area contributed by atoms with Crippen molar-refractivity contribution in [2.24, 2.45) is 7.05 Å². The van der Waals surface area contributed by atoms with Gasteiger partial charge in [-0.2, -0.15) is 12.7 Å². The summed E-state index contributed by atoms with van der Waals surface area (Å²) in [6.07, 6.45) is 1.68. The Balaban J connectivity index is 3.02. The third-order valence-corrected chi connectivity index (χ3v) is 4.49. The second-order valence-corrected chi connectivity index (χ2v) is 6.87. The molecule has 0 spiro atoms. The second kappa shape index (κ2) is 6.49. The van der Waals surface area contributed by atoms with Crippen molar-refractivity contribution in [3.63, 3.8) is 0 Å². The van der Waals surface area contributed by atoms with E-state index < -0.39 is 16.1 Å². The van der Waals surface area contributed by atoms with Crippen LogP contribution in [0.2, 0.25) is 0 Å².